The lowest BCUT2D eigenvalue weighted by Gasteiger charge is -2.65. The number of likely N-dealkylation sites (tertiary alicyclic amines) is 1. The average molecular weight is 665 g/mol. The molecule has 2 saturated carbocycles. The number of ether oxygens (including phenoxy) is 4. The molecular formula is C38H36N2O9. The van der Waals surface area contributed by atoms with Gasteiger partial charge in [0.1, 0.15) is 0 Å². The van der Waals surface area contributed by atoms with E-state index >= 15 is 0 Å². The van der Waals surface area contributed by atoms with E-state index in [1.54, 1.807) is 30.3 Å². The molecule has 3 unspecified atom stereocenters. The number of hydrogen-bond acceptors (Lipinski definition) is 10. The molecule has 3 fully saturated rings. The normalized spacial score (nSPS) is 26.2. The summed E-state index contributed by atoms with van der Waals surface area (Å²) in [5.74, 6) is -0.789. The zero-order chi connectivity index (χ0) is 34.1. The number of hydrogen-bond donors (Lipinski definition) is 1. The van der Waals surface area contributed by atoms with E-state index in [1.165, 1.54) is 51.3 Å². The number of methoxy groups -OCH3 is 2. The van der Waals surface area contributed by atoms with E-state index in [-0.39, 0.29) is 35.5 Å². The van der Waals surface area contributed by atoms with Gasteiger partial charge >= 0.3 is 17.9 Å². The van der Waals surface area contributed by atoms with Crippen LogP contribution in [0.25, 0.3) is 0 Å². The molecule has 1 spiro atoms. The standard InChI is InChI=1S/C38H36N2O9/c1-46-34(43)23-7-5-22(6-8-23)33(42)39-38-16-15-27(41)32-37(38)17-18-40(20-21-3-4-21)29(38)19-26-13-14-28(31(49-32)30(26)37)48-36(45)25-11-9-24(10-12-25)35(44)47-2/h5-14,21,29,32H,3-4,15-20H2,1-2H3,(H,39,42)/t29?,32-,37?,38?/m0/s1. The first-order valence-corrected chi connectivity index (χ1v) is 16.7. The molecule has 1 N–H and O–H groups in total. The second-order valence-electron chi connectivity index (χ2n) is 13.7. The predicted molar refractivity (Wildman–Crippen MR) is 174 cm³/mol. The van der Waals surface area contributed by atoms with Crippen molar-refractivity contribution in [2.24, 2.45) is 5.92 Å². The van der Waals surface area contributed by atoms with Gasteiger partial charge in [0, 0.05) is 30.1 Å². The fourth-order valence-electron chi connectivity index (χ4n) is 8.80. The molecule has 252 valence electrons. The topological polar surface area (TPSA) is 138 Å². The molecule has 2 heterocycles. The van der Waals surface area contributed by atoms with E-state index < -0.39 is 35.0 Å². The zero-order valence-electron chi connectivity index (χ0n) is 27.3. The van der Waals surface area contributed by atoms with E-state index in [1.807, 2.05) is 6.07 Å². The minimum atomic E-state index is -0.873. The maximum absolute atomic E-state index is 14.2. The summed E-state index contributed by atoms with van der Waals surface area (Å²) in [5, 5.41) is 3.49. The smallest absolute Gasteiger partial charge is 0.343 e. The summed E-state index contributed by atoms with van der Waals surface area (Å²) in [6.45, 7) is 1.67. The molecule has 4 atom stereocenters. The van der Waals surface area contributed by atoms with Crippen molar-refractivity contribution in [3.63, 3.8) is 0 Å². The quantitative estimate of drug-likeness (QED) is 0.277. The Balaban J connectivity index is 1.19. The third kappa shape index (κ3) is 4.77. The molecule has 2 aliphatic heterocycles. The molecule has 49 heavy (non-hydrogen) atoms. The first-order chi connectivity index (χ1) is 23.7. The molecular weight excluding hydrogens is 628 g/mol. The number of benzene rings is 3. The van der Waals surface area contributed by atoms with E-state index in [2.05, 4.69) is 10.2 Å². The van der Waals surface area contributed by atoms with E-state index in [9.17, 15) is 24.0 Å². The van der Waals surface area contributed by atoms with Crippen molar-refractivity contribution < 1.29 is 42.9 Å². The van der Waals surface area contributed by atoms with Crippen molar-refractivity contribution in [2.45, 2.75) is 61.6 Å². The van der Waals surface area contributed by atoms with Crippen molar-refractivity contribution in [3.05, 3.63) is 94.0 Å². The SMILES string of the molecule is COC(=O)c1ccc(C(=O)NC23CCC(=O)[C@@H]4Oc5c(OC(=O)c6ccc(C(=O)OC)cc6)ccc6c5C42CCN(CC2CC2)C3C6)cc1. The molecule has 11 heteroatoms. The summed E-state index contributed by atoms with van der Waals surface area (Å²) in [6, 6.07) is 15.9. The summed E-state index contributed by atoms with van der Waals surface area (Å²) >= 11 is 0. The Labute approximate surface area is 282 Å². The van der Waals surface area contributed by atoms with Crippen LogP contribution in [0.2, 0.25) is 0 Å². The number of rotatable bonds is 8. The summed E-state index contributed by atoms with van der Waals surface area (Å²) in [7, 11) is 2.59. The lowest BCUT2D eigenvalue weighted by atomic mass is 9.47. The number of piperidine rings is 1. The number of carbonyl (C=O) groups is 5. The Morgan fingerprint density at radius 1 is 0.837 bits per heavy atom. The Morgan fingerprint density at radius 2 is 1.45 bits per heavy atom. The number of ketones is 1. The number of esters is 3. The van der Waals surface area contributed by atoms with Crippen LogP contribution in [0.4, 0.5) is 0 Å². The van der Waals surface area contributed by atoms with E-state index in [0.717, 1.165) is 24.2 Å². The minimum absolute atomic E-state index is 0.0403. The second kappa shape index (κ2) is 11.5. The van der Waals surface area contributed by atoms with Crippen LogP contribution in [0, 0.1) is 5.92 Å². The van der Waals surface area contributed by atoms with Crippen LogP contribution in [0.1, 0.15) is 84.7 Å². The van der Waals surface area contributed by atoms with Gasteiger partial charge in [-0.1, -0.05) is 6.07 Å². The predicted octanol–water partition coefficient (Wildman–Crippen LogP) is 4.05. The summed E-state index contributed by atoms with van der Waals surface area (Å²) in [5.41, 5.74) is 1.40. The molecule has 3 aliphatic carbocycles. The lowest BCUT2D eigenvalue weighted by Crippen LogP contribution is -2.81. The van der Waals surface area contributed by atoms with Gasteiger partial charge in [0.25, 0.3) is 5.91 Å². The maximum Gasteiger partial charge on any atom is 0.343 e. The van der Waals surface area contributed by atoms with E-state index in [0.29, 0.717) is 47.6 Å². The molecule has 2 bridgehead atoms. The highest BCUT2D eigenvalue weighted by Crippen LogP contribution is 2.65. The molecule has 11 nitrogen and oxygen atoms in total. The summed E-state index contributed by atoms with van der Waals surface area (Å²) in [6.07, 6.45) is 3.40. The zero-order valence-corrected chi connectivity index (χ0v) is 27.3. The van der Waals surface area contributed by atoms with Crippen LogP contribution >= 0.6 is 0 Å². The molecule has 3 aromatic carbocycles. The highest BCUT2D eigenvalue weighted by Gasteiger charge is 2.74. The molecule has 0 aromatic heterocycles. The van der Waals surface area contributed by atoms with E-state index in [4.69, 9.17) is 18.9 Å². The molecule has 1 saturated heterocycles. The van der Waals surface area contributed by atoms with Gasteiger partial charge in [-0.05, 0) is 105 Å². The van der Waals surface area contributed by atoms with Crippen LogP contribution in [0.3, 0.4) is 0 Å². The first-order valence-electron chi connectivity index (χ1n) is 16.7. The van der Waals surface area contributed by atoms with Gasteiger partial charge in [-0.2, -0.15) is 0 Å². The van der Waals surface area contributed by atoms with Crippen molar-refractivity contribution in [3.8, 4) is 11.5 Å². The molecule has 0 radical (unpaired) electrons. The summed E-state index contributed by atoms with van der Waals surface area (Å²) < 4.78 is 22.1. The van der Waals surface area contributed by atoms with Gasteiger partial charge in [-0.15, -0.1) is 0 Å². The molecule has 8 rings (SSSR count). The van der Waals surface area contributed by atoms with Gasteiger partial charge in [0.15, 0.2) is 23.4 Å². The maximum atomic E-state index is 14.2. The number of amides is 1. The fourth-order valence-corrected chi connectivity index (χ4v) is 8.80. The summed E-state index contributed by atoms with van der Waals surface area (Å²) in [4.78, 5) is 67.8. The number of nitrogens with zero attached hydrogens (tertiary/aromatic N) is 1. The van der Waals surface area contributed by atoms with Gasteiger partial charge in [0.2, 0.25) is 0 Å². The average Bonchev–Trinajstić information content (AvgIpc) is 3.87. The van der Waals surface area contributed by atoms with Crippen LogP contribution in [0.5, 0.6) is 11.5 Å². The van der Waals surface area contributed by atoms with Crippen molar-refractivity contribution in [1.29, 1.82) is 0 Å². The van der Waals surface area contributed by atoms with Gasteiger partial charge in [0.05, 0.1) is 41.9 Å². The monoisotopic (exact) mass is 664 g/mol. The van der Waals surface area contributed by atoms with Crippen LogP contribution in [0.15, 0.2) is 60.7 Å². The van der Waals surface area contributed by atoms with Crippen LogP contribution < -0.4 is 14.8 Å². The molecule has 5 aliphatic rings. The highest BCUT2D eigenvalue weighted by atomic mass is 16.6. The van der Waals surface area contributed by atoms with Crippen LogP contribution in [-0.2, 0) is 26.1 Å². The van der Waals surface area contributed by atoms with Crippen LogP contribution in [-0.4, -0.2) is 79.5 Å². The highest BCUT2D eigenvalue weighted by molar-refractivity contribution is 5.98. The Morgan fingerprint density at radius 3 is 2.06 bits per heavy atom. The Hall–Kier alpha value is -5.03. The number of nitrogens with one attached hydrogen (secondary N) is 1. The minimum Gasteiger partial charge on any atom is -0.477 e. The number of carbonyl (C=O) groups excluding carboxylic acids is 5. The Kier molecular flexibility index (Phi) is 7.36. The van der Waals surface area contributed by atoms with Crippen molar-refractivity contribution in [2.75, 3.05) is 27.3 Å². The lowest BCUT2D eigenvalue weighted by molar-refractivity contribution is -0.143. The third-order valence-corrected chi connectivity index (χ3v) is 11.2. The molecule has 3 aromatic rings. The third-order valence-electron chi connectivity index (χ3n) is 11.2. The first kappa shape index (κ1) is 31.3. The van der Waals surface area contributed by atoms with Crippen molar-refractivity contribution >= 4 is 29.6 Å². The number of Topliss-reactive ketones (excluding diaryl/α,β-unsaturated/α-hetero) is 1. The van der Waals surface area contributed by atoms with Crippen molar-refractivity contribution in [1.82, 2.24) is 10.2 Å². The van der Waals surface area contributed by atoms with Gasteiger partial charge < -0.3 is 24.3 Å². The second-order valence-corrected chi connectivity index (χ2v) is 13.7. The fraction of sp³-hybridized carbons (Fsp3) is 0.395. The Bertz CT molecular complexity index is 1900. The van der Waals surface area contributed by atoms with Gasteiger partial charge in [-0.25, -0.2) is 14.4 Å². The molecule has 1 amide bonds. The van der Waals surface area contributed by atoms with Gasteiger partial charge in [-0.3, -0.25) is 14.5 Å². The largest absolute Gasteiger partial charge is 0.477 e.